The van der Waals surface area contributed by atoms with Crippen LogP contribution in [-0.4, -0.2) is 25.7 Å². The van der Waals surface area contributed by atoms with E-state index in [1.165, 1.54) is 32.1 Å². The zero-order valence-electron chi connectivity index (χ0n) is 16.7. The molecule has 6 heteroatoms. The fourth-order valence-corrected chi connectivity index (χ4v) is 3.55. The summed E-state index contributed by atoms with van der Waals surface area (Å²) in [5, 5.41) is 6.30. The minimum Gasteiger partial charge on any atom is -0.490 e. The van der Waals surface area contributed by atoms with Crippen molar-refractivity contribution in [2.75, 3.05) is 19.7 Å². The Kier molecular flexibility index (Phi) is 7.95. The molecular formula is C22H34FN3O2. The van der Waals surface area contributed by atoms with Crippen molar-refractivity contribution in [1.82, 2.24) is 10.6 Å². The molecule has 0 aliphatic heterocycles. The third kappa shape index (κ3) is 7.30. The third-order valence-corrected chi connectivity index (χ3v) is 5.60. The normalized spacial score (nSPS) is 17.3. The number of hydrogen-bond acceptors (Lipinski definition) is 3. The van der Waals surface area contributed by atoms with Crippen LogP contribution in [0.1, 0.15) is 69.4 Å². The van der Waals surface area contributed by atoms with E-state index in [1.54, 1.807) is 6.07 Å². The number of unbranched alkanes of at least 4 members (excludes halogenated alkanes) is 4. The minimum absolute atomic E-state index is 0.259. The summed E-state index contributed by atoms with van der Waals surface area (Å²) in [5.41, 5.74) is 6.19. The number of nitrogens with two attached hydrogens (primary N) is 1. The Morgan fingerprint density at radius 3 is 2.50 bits per heavy atom. The Labute approximate surface area is 167 Å². The molecule has 0 spiro atoms. The zero-order valence-corrected chi connectivity index (χ0v) is 16.7. The molecule has 1 aromatic carbocycles. The van der Waals surface area contributed by atoms with Crippen LogP contribution in [-0.2, 0) is 0 Å². The summed E-state index contributed by atoms with van der Waals surface area (Å²) < 4.78 is 19.8. The number of ether oxygens (including phenoxy) is 1. The van der Waals surface area contributed by atoms with E-state index >= 15 is 0 Å². The van der Waals surface area contributed by atoms with Gasteiger partial charge in [-0.2, -0.15) is 0 Å². The van der Waals surface area contributed by atoms with Gasteiger partial charge in [-0.3, -0.25) is 0 Å². The Balaban J connectivity index is 1.38. The molecule has 1 aromatic rings. The van der Waals surface area contributed by atoms with E-state index in [9.17, 15) is 9.18 Å². The van der Waals surface area contributed by atoms with Crippen molar-refractivity contribution in [3.8, 4) is 5.75 Å². The lowest BCUT2D eigenvalue weighted by molar-refractivity contribution is 0.248. The molecule has 1 atom stereocenters. The van der Waals surface area contributed by atoms with Crippen molar-refractivity contribution in [2.24, 2.45) is 17.6 Å². The highest BCUT2D eigenvalue weighted by atomic mass is 19.1. The summed E-state index contributed by atoms with van der Waals surface area (Å²) in [4.78, 5) is 10.6. The highest BCUT2D eigenvalue weighted by molar-refractivity contribution is 5.71. The first-order valence-electron chi connectivity index (χ1n) is 10.8. The van der Waals surface area contributed by atoms with Gasteiger partial charge in [0.25, 0.3) is 0 Å². The number of nitrogens with one attached hydrogen (secondary N) is 2. The first-order chi connectivity index (χ1) is 13.6. The van der Waals surface area contributed by atoms with E-state index in [0.717, 1.165) is 37.8 Å². The first-order valence-corrected chi connectivity index (χ1v) is 10.8. The van der Waals surface area contributed by atoms with Crippen molar-refractivity contribution < 1.29 is 13.9 Å². The number of rotatable bonds is 14. The van der Waals surface area contributed by atoms with Crippen LogP contribution in [0.3, 0.4) is 0 Å². The lowest BCUT2D eigenvalue weighted by Gasteiger charge is -2.20. The monoisotopic (exact) mass is 391 g/mol. The van der Waals surface area contributed by atoms with E-state index in [4.69, 9.17) is 10.5 Å². The minimum atomic E-state index is -0.447. The molecule has 5 nitrogen and oxygen atoms in total. The molecule has 0 radical (unpaired) electrons. The number of hydrogen-bond donors (Lipinski definition) is 3. The van der Waals surface area contributed by atoms with Crippen LogP contribution < -0.4 is 21.1 Å². The van der Waals surface area contributed by atoms with Gasteiger partial charge in [0.15, 0.2) is 11.6 Å². The second kappa shape index (κ2) is 10.6. The summed E-state index contributed by atoms with van der Waals surface area (Å²) in [6.07, 6.45) is 10.4. The van der Waals surface area contributed by atoms with Gasteiger partial charge < -0.3 is 21.1 Å². The largest absolute Gasteiger partial charge is 0.490 e. The number of halogens is 1. The van der Waals surface area contributed by atoms with Gasteiger partial charge in [-0.1, -0.05) is 25.3 Å². The molecule has 2 aliphatic rings. The third-order valence-electron chi connectivity index (χ3n) is 5.60. The van der Waals surface area contributed by atoms with E-state index in [1.807, 2.05) is 12.1 Å². The molecule has 0 saturated heterocycles. The molecule has 1 unspecified atom stereocenters. The van der Waals surface area contributed by atoms with Gasteiger partial charge in [0.1, 0.15) is 0 Å². The van der Waals surface area contributed by atoms with Crippen LogP contribution in [0.2, 0.25) is 0 Å². The number of carbonyl (C=O) groups excluding carboxylic acids is 1. The summed E-state index contributed by atoms with van der Waals surface area (Å²) in [7, 11) is 0. The fraction of sp³-hybridized carbons (Fsp3) is 0.682. The summed E-state index contributed by atoms with van der Waals surface area (Å²) in [6.45, 7) is 2.26. The molecule has 4 N–H and O–H groups in total. The fourth-order valence-electron chi connectivity index (χ4n) is 3.55. The smallest absolute Gasteiger partial charge is 0.312 e. The summed E-state index contributed by atoms with van der Waals surface area (Å²) in [5.74, 6) is 1.42. The van der Waals surface area contributed by atoms with Crippen molar-refractivity contribution in [3.63, 3.8) is 0 Å². The second-order valence-electron chi connectivity index (χ2n) is 8.27. The second-order valence-corrected chi connectivity index (χ2v) is 8.27. The van der Waals surface area contributed by atoms with Crippen molar-refractivity contribution >= 4 is 6.03 Å². The zero-order chi connectivity index (χ0) is 19.8. The highest BCUT2D eigenvalue weighted by Gasteiger charge is 2.32. The van der Waals surface area contributed by atoms with Crippen LogP contribution in [0.25, 0.3) is 0 Å². The van der Waals surface area contributed by atoms with Crippen LogP contribution in [0.15, 0.2) is 18.2 Å². The Morgan fingerprint density at radius 2 is 1.82 bits per heavy atom. The molecule has 28 heavy (non-hydrogen) atoms. The average molecular weight is 392 g/mol. The molecular weight excluding hydrogens is 357 g/mol. The predicted octanol–water partition coefficient (Wildman–Crippen LogP) is 4.27. The van der Waals surface area contributed by atoms with Gasteiger partial charge in [-0.15, -0.1) is 0 Å². The maximum absolute atomic E-state index is 14.1. The predicted molar refractivity (Wildman–Crippen MR) is 109 cm³/mol. The van der Waals surface area contributed by atoms with Crippen molar-refractivity contribution in [2.45, 2.75) is 63.8 Å². The molecule has 0 bridgehead atoms. The number of benzene rings is 1. The van der Waals surface area contributed by atoms with Gasteiger partial charge in [-0.25, -0.2) is 9.18 Å². The lowest BCUT2D eigenvalue weighted by atomic mass is 10.0. The van der Waals surface area contributed by atoms with E-state index in [-0.39, 0.29) is 5.82 Å². The van der Waals surface area contributed by atoms with Crippen LogP contribution in [0, 0.1) is 17.7 Å². The molecule has 156 valence electrons. The molecule has 2 fully saturated rings. The molecule has 0 heterocycles. The Morgan fingerprint density at radius 1 is 1.11 bits per heavy atom. The van der Waals surface area contributed by atoms with Gasteiger partial charge in [0.05, 0.1) is 6.61 Å². The molecule has 2 amide bonds. The molecule has 2 saturated carbocycles. The lowest BCUT2D eigenvalue weighted by Crippen LogP contribution is -2.29. The van der Waals surface area contributed by atoms with E-state index in [0.29, 0.717) is 36.8 Å². The van der Waals surface area contributed by atoms with Gasteiger partial charge >= 0.3 is 6.03 Å². The summed E-state index contributed by atoms with van der Waals surface area (Å²) in [6, 6.07) is 5.20. The number of carbonyl (C=O) groups is 1. The van der Waals surface area contributed by atoms with Crippen molar-refractivity contribution in [3.05, 3.63) is 29.6 Å². The SMILES string of the molecule is NC(=O)NCCCCCCCNC(c1ccc(F)c(OCC2CC2)c1)C1CC1. The van der Waals surface area contributed by atoms with E-state index < -0.39 is 6.03 Å². The number of urea groups is 1. The first kappa shape index (κ1) is 20.9. The van der Waals surface area contributed by atoms with Crippen LogP contribution in [0.4, 0.5) is 9.18 Å². The molecule has 0 aromatic heterocycles. The van der Waals surface area contributed by atoms with Gasteiger partial charge in [0, 0.05) is 12.6 Å². The van der Waals surface area contributed by atoms with Crippen molar-refractivity contribution in [1.29, 1.82) is 0 Å². The number of primary amides is 1. The maximum Gasteiger partial charge on any atom is 0.312 e. The highest BCUT2D eigenvalue weighted by Crippen LogP contribution is 2.42. The quantitative estimate of drug-likeness (QED) is 0.415. The Hall–Kier alpha value is -1.82. The average Bonchev–Trinajstić information content (AvgIpc) is 3.57. The van der Waals surface area contributed by atoms with Gasteiger partial charge in [-0.05, 0) is 74.6 Å². The molecule has 2 aliphatic carbocycles. The Bertz CT molecular complexity index is 632. The standard InChI is InChI=1S/C22H34FN3O2/c23-19-11-10-18(14-20(19)28-15-16-6-7-16)21(17-8-9-17)25-12-4-2-1-3-5-13-26-22(24)27/h10-11,14,16-17,21,25H,1-9,12-13,15H2,(H3,24,26,27). The summed E-state index contributed by atoms with van der Waals surface area (Å²) >= 11 is 0. The topological polar surface area (TPSA) is 76.4 Å². The van der Waals surface area contributed by atoms with Crippen LogP contribution in [0.5, 0.6) is 5.75 Å². The van der Waals surface area contributed by atoms with Crippen LogP contribution >= 0.6 is 0 Å². The van der Waals surface area contributed by atoms with Gasteiger partial charge in [0.2, 0.25) is 0 Å². The maximum atomic E-state index is 14.1. The molecule has 3 rings (SSSR count). The van der Waals surface area contributed by atoms with E-state index in [2.05, 4.69) is 10.6 Å². The number of amides is 2.